The van der Waals surface area contributed by atoms with Crippen molar-refractivity contribution in [2.45, 2.75) is 0 Å². The molecule has 0 unspecified atom stereocenters. The van der Waals surface area contributed by atoms with Gasteiger partial charge in [0.25, 0.3) is 5.91 Å². The number of fused-ring (bicyclic) bond motifs is 1. The highest BCUT2D eigenvalue weighted by molar-refractivity contribution is 9.10. The Morgan fingerprint density at radius 1 is 1.33 bits per heavy atom. The first-order chi connectivity index (χ1) is 11.6. The lowest BCUT2D eigenvalue weighted by Gasteiger charge is -2.13. The summed E-state index contributed by atoms with van der Waals surface area (Å²) in [6.45, 7) is 0.203. The Hall–Kier alpha value is -1.90. The molecule has 1 aromatic heterocycles. The van der Waals surface area contributed by atoms with Crippen LogP contribution in [0.25, 0.3) is 6.08 Å². The molecule has 2 aliphatic heterocycles. The van der Waals surface area contributed by atoms with Gasteiger partial charge >= 0.3 is 0 Å². The van der Waals surface area contributed by atoms with Crippen molar-refractivity contribution in [2.75, 3.05) is 11.7 Å². The molecular formula is C16H9BrN2O3S2. The SMILES string of the molecule is O=C1/C(=C/c2cc3c(cc2Br)OCO3)SC(=S)N1c1cccnc1. The first-order valence-corrected chi connectivity index (χ1v) is 8.92. The predicted octanol–water partition coefficient (Wildman–Crippen LogP) is 3.98. The number of pyridine rings is 1. The van der Waals surface area contributed by atoms with Gasteiger partial charge in [-0.3, -0.25) is 14.7 Å². The van der Waals surface area contributed by atoms with Crippen molar-refractivity contribution in [1.82, 2.24) is 4.98 Å². The van der Waals surface area contributed by atoms with Gasteiger partial charge < -0.3 is 9.47 Å². The number of anilines is 1. The Morgan fingerprint density at radius 2 is 2.12 bits per heavy atom. The second-order valence-corrected chi connectivity index (χ2v) is 7.49. The van der Waals surface area contributed by atoms with Gasteiger partial charge in [-0.25, -0.2) is 0 Å². The van der Waals surface area contributed by atoms with E-state index in [2.05, 4.69) is 20.9 Å². The minimum Gasteiger partial charge on any atom is -0.454 e. The van der Waals surface area contributed by atoms with E-state index in [1.165, 1.54) is 16.7 Å². The summed E-state index contributed by atoms with van der Waals surface area (Å²) in [5.74, 6) is 1.18. The Balaban J connectivity index is 1.70. The van der Waals surface area contributed by atoms with Crippen LogP contribution in [0.15, 0.2) is 46.0 Å². The summed E-state index contributed by atoms with van der Waals surface area (Å²) in [6.07, 6.45) is 5.06. The highest BCUT2D eigenvalue weighted by atomic mass is 79.9. The van der Waals surface area contributed by atoms with Crippen molar-refractivity contribution in [3.8, 4) is 11.5 Å². The van der Waals surface area contributed by atoms with Crippen molar-refractivity contribution in [2.24, 2.45) is 0 Å². The van der Waals surface area contributed by atoms with Crippen LogP contribution in [0.1, 0.15) is 5.56 Å². The quantitative estimate of drug-likeness (QED) is 0.540. The number of ether oxygens (including phenoxy) is 2. The molecule has 1 aromatic carbocycles. The summed E-state index contributed by atoms with van der Waals surface area (Å²) < 4.78 is 12.0. The number of halogens is 1. The van der Waals surface area contributed by atoms with E-state index in [-0.39, 0.29) is 12.7 Å². The molecule has 24 heavy (non-hydrogen) atoms. The molecule has 4 rings (SSSR count). The maximum atomic E-state index is 12.7. The maximum Gasteiger partial charge on any atom is 0.270 e. The highest BCUT2D eigenvalue weighted by Crippen LogP contribution is 2.40. The number of aromatic nitrogens is 1. The van der Waals surface area contributed by atoms with Gasteiger partial charge in [0, 0.05) is 10.7 Å². The molecule has 8 heteroatoms. The number of benzene rings is 1. The molecule has 2 aliphatic rings. The van der Waals surface area contributed by atoms with E-state index in [1.54, 1.807) is 30.6 Å². The topological polar surface area (TPSA) is 51.7 Å². The van der Waals surface area contributed by atoms with Crippen LogP contribution in [0.3, 0.4) is 0 Å². The molecular weight excluding hydrogens is 412 g/mol. The number of thioether (sulfide) groups is 1. The Labute approximate surface area is 155 Å². The summed E-state index contributed by atoms with van der Waals surface area (Å²) >= 11 is 10.1. The normalized spacial score (nSPS) is 17.9. The maximum absolute atomic E-state index is 12.7. The van der Waals surface area contributed by atoms with Gasteiger partial charge in [-0.15, -0.1) is 0 Å². The third-order valence-electron chi connectivity index (χ3n) is 3.48. The average molecular weight is 421 g/mol. The molecule has 1 amide bonds. The van der Waals surface area contributed by atoms with Gasteiger partial charge in [0.1, 0.15) is 0 Å². The van der Waals surface area contributed by atoms with Gasteiger partial charge in [-0.05, 0) is 35.9 Å². The van der Waals surface area contributed by atoms with Crippen molar-refractivity contribution < 1.29 is 14.3 Å². The monoisotopic (exact) mass is 420 g/mol. The van der Waals surface area contributed by atoms with Crippen molar-refractivity contribution in [3.05, 3.63) is 51.6 Å². The van der Waals surface area contributed by atoms with E-state index >= 15 is 0 Å². The van der Waals surface area contributed by atoms with Gasteiger partial charge in [0.2, 0.25) is 6.79 Å². The van der Waals surface area contributed by atoms with E-state index in [4.69, 9.17) is 21.7 Å². The van der Waals surface area contributed by atoms with Crippen molar-refractivity contribution >= 4 is 61.9 Å². The molecule has 0 aliphatic carbocycles. The summed E-state index contributed by atoms with van der Waals surface area (Å²) in [4.78, 5) is 18.8. The number of carbonyl (C=O) groups is 1. The lowest BCUT2D eigenvalue weighted by Crippen LogP contribution is -2.27. The summed E-state index contributed by atoms with van der Waals surface area (Å²) in [5.41, 5.74) is 1.49. The molecule has 0 saturated carbocycles. The van der Waals surface area contributed by atoms with Crippen LogP contribution in [0.4, 0.5) is 5.69 Å². The van der Waals surface area contributed by atoms with E-state index < -0.39 is 0 Å². The second-order valence-electron chi connectivity index (χ2n) is 4.96. The van der Waals surface area contributed by atoms with Crippen molar-refractivity contribution in [1.29, 1.82) is 0 Å². The van der Waals surface area contributed by atoms with Crippen LogP contribution in [0.5, 0.6) is 11.5 Å². The summed E-state index contributed by atoms with van der Waals surface area (Å²) in [6, 6.07) is 7.24. The zero-order chi connectivity index (χ0) is 16.7. The number of carbonyl (C=O) groups excluding carboxylic acids is 1. The number of rotatable bonds is 2. The molecule has 3 heterocycles. The smallest absolute Gasteiger partial charge is 0.270 e. The fourth-order valence-corrected chi connectivity index (χ4v) is 4.09. The molecule has 5 nitrogen and oxygen atoms in total. The molecule has 120 valence electrons. The molecule has 0 N–H and O–H groups in total. The first kappa shape index (κ1) is 15.6. The molecule has 0 bridgehead atoms. The Bertz CT molecular complexity index is 886. The molecule has 1 fully saturated rings. The number of nitrogens with zero attached hydrogens (tertiary/aromatic N) is 2. The summed E-state index contributed by atoms with van der Waals surface area (Å²) in [5, 5.41) is 0. The van der Waals surface area contributed by atoms with Crippen molar-refractivity contribution in [3.63, 3.8) is 0 Å². The average Bonchev–Trinajstić information content (AvgIpc) is 3.13. The molecule has 0 spiro atoms. The predicted molar refractivity (Wildman–Crippen MR) is 100 cm³/mol. The number of hydrogen-bond donors (Lipinski definition) is 0. The van der Waals surface area contributed by atoms with E-state index in [0.29, 0.717) is 26.4 Å². The Morgan fingerprint density at radius 3 is 2.88 bits per heavy atom. The Kier molecular flexibility index (Phi) is 4.03. The van der Waals surface area contributed by atoms with E-state index in [1.807, 2.05) is 12.1 Å². The van der Waals surface area contributed by atoms with Crippen LogP contribution in [-0.2, 0) is 4.79 Å². The molecule has 0 radical (unpaired) electrons. The third-order valence-corrected chi connectivity index (χ3v) is 5.47. The minimum absolute atomic E-state index is 0.164. The van der Waals surface area contributed by atoms with Gasteiger partial charge in [-0.1, -0.05) is 39.9 Å². The van der Waals surface area contributed by atoms with Crippen LogP contribution in [-0.4, -0.2) is 22.0 Å². The fourth-order valence-electron chi connectivity index (χ4n) is 2.36. The molecule has 0 atom stereocenters. The molecule has 1 saturated heterocycles. The zero-order valence-electron chi connectivity index (χ0n) is 12.1. The van der Waals surface area contributed by atoms with Crippen LogP contribution >= 0.6 is 39.9 Å². The van der Waals surface area contributed by atoms with Crippen LogP contribution in [0.2, 0.25) is 0 Å². The standard InChI is InChI=1S/C16H9BrN2O3S2/c17-11-6-13-12(21-8-22-13)4-9(11)5-14-15(20)19(16(23)24-14)10-2-1-3-18-7-10/h1-7H,8H2/b14-5-. The number of hydrogen-bond acceptors (Lipinski definition) is 6. The number of thiocarbonyl (C=S) groups is 1. The number of amides is 1. The fraction of sp³-hybridized carbons (Fsp3) is 0.0625. The van der Waals surface area contributed by atoms with Crippen LogP contribution < -0.4 is 14.4 Å². The van der Waals surface area contributed by atoms with E-state index in [9.17, 15) is 4.79 Å². The lowest BCUT2D eigenvalue weighted by atomic mass is 10.2. The van der Waals surface area contributed by atoms with Crippen LogP contribution in [0, 0.1) is 0 Å². The lowest BCUT2D eigenvalue weighted by molar-refractivity contribution is -0.113. The summed E-state index contributed by atoms with van der Waals surface area (Å²) in [7, 11) is 0. The largest absolute Gasteiger partial charge is 0.454 e. The van der Waals surface area contributed by atoms with Gasteiger partial charge in [0.15, 0.2) is 15.8 Å². The minimum atomic E-state index is -0.164. The second kappa shape index (κ2) is 6.19. The highest BCUT2D eigenvalue weighted by Gasteiger charge is 2.33. The van der Waals surface area contributed by atoms with Gasteiger partial charge in [0.05, 0.1) is 16.8 Å². The van der Waals surface area contributed by atoms with Gasteiger partial charge in [-0.2, -0.15) is 0 Å². The third kappa shape index (κ3) is 2.70. The first-order valence-electron chi connectivity index (χ1n) is 6.90. The zero-order valence-corrected chi connectivity index (χ0v) is 15.3. The van der Waals surface area contributed by atoms with E-state index in [0.717, 1.165) is 10.0 Å². The molecule has 2 aromatic rings.